The zero-order valence-corrected chi connectivity index (χ0v) is 14.1. The summed E-state index contributed by atoms with van der Waals surface area (Å²) in [7, 11) is 0. The number of carbonyl (C=O) groups is 3. The molecule has 1 N–H and O–H groups in total. The van der Waals surface area contributed by atoms with Gasteiger partial charge in [0, 0.05) is 19.5 Å². The average Bonchev–Trinajstić information content (AvgIpc) is 2.86. The highest BCUT2D eigenvalue weighted by Gasteiger charge is 2.34. The van der Waals surface area contributed by atoms with Crippen molar-refractivity contribution in [1.82, 2.24) is 10.2 Å². The highest BCUT2D eigenvalue weighted by molar-refractivity contribution is 6.21. The molecule has 0 spiro atoms. The fourth-order valence-corrected chi connectivity index (χ4v) is 2.83. The Hall–Kier alpha value is -2.95. The number of carbonyl (C=O) groups excluding carboxylic acids is 3. The van der Waals surface area contributed by atoms with Gasteiger partial charge in [-0.2, -0.15) is 0 Å². The molecular formula is C20H20N2O3. The molecule has 1 aliphatic heterocycles. The van der Waals surface area contributed by atoms with E-state index in [0.29, 0.717) is 24.1 Å². The molecule has 1 aliphatic rings. The Morgan fingerprint density at radius 3 is 2.16 bits per heavy atom. The Kier molecular flexibility index (Phi) is 4.93. The third-order valence-corrected chi connectivity index (χ3v) is 4.27. The van der Waals surface area contributed by atoms with Crippen LogP contribution in [0.15, 0.2) is 48.5 Å². The van der Waals surface area contributed by atoms with Crippen LogP contribution >= 0.6 is 0 Å². The van der Waals surface area contributed by atoms with E-state index >= 15 is 0 Å². The van der Waals surface area contributed by atoms with Crippen LogP contribution in [0.3, 0.4) is 0 Å². The first kappa shape index (κ1) is 16.9. The van der Waals surface area contributed by atoms with Crippen LogP contribution in [0.4, 0.5) is 0 Å². The first-order valence-electron chi connectivity index (χ1n) is 8.34. The van der Waals surface area contributed by atoms with Gasteiger partial charge in [-0.15, -0.1) is 0 Å². The Labute approximate surface area is 146 Å². The highest BCUT2D eigenvalue weighted by Crippen LogP contribution is 2.22. The second kappa shape index (κ2) is 7.30. The molecule has 0 aromatic heterocycles. The number of nitrogens with one attached hydrogen (secondary N) is 1. The number of amides is 3. The molecule has 5 nitrogen and oxygen atoms in total. The molecule has 1 heterocycles. The zero-order valence-electron chi connectivity index (χ0n) is 14.1. The van der Waals surface area contributed by atoms with Crippen molar-refractivity contribution in [3.8, 4) is 0 Å². The molecule has 0 radical (unpaired) electrons. The number of hydrogen-bond acceptors (Lipinski definition) is 3. The quantitative estimate of drug-likeness (QED) is 0.825. The fraction of sp³-hybridized carbons (Fsp3) is 0.250. The number of aryl methyl sites for hydroxylation is 1. The van der Waals surface area contributed by atoms with E-state index in [0.717, 1.165) is 5.56 Å². The van der Waals surface area contributed by atoms with Crippen LogP contribution in [0.2, 0.25) is 0 Å². The van der Waals surface area contributed by atoms with Crippen LogP contribution in [0.25, 0.3) is 0 Å². The van der Waals surface area contributed by atoms with Gasteiger partial charge >= 0.3 is 0 Å². The first-order valence-corrected chi connectivity index (χ1v) is 8.34. The normalized spacial score (nSPS) is 13.1. The molecule has 2 aromatic carbocycles. The maximum atomic E-state index is 12.2. The second-order valence-electron chi connectivity index (χ2n) is 6.17. The maximum Gasteiger partial charge on any atom is 0.261 e. The van der Waals surface area contributed by atoms with Gasteiger partial charge in [0.2, 0.25) is 5.91 Å². The van der Waals surface area contributed by atoms with Crippen molar-refractivity contribution in [3.05, 3.63) is 70.8 Å². The lowest BCUT2D eigenvalue weighted by molar-refractivity contribution is -0.121. The highest BCUT2D eigenvalue weighted by atomic mass is 16.2. The van der Waals surface area contributed by atoms with Crippen LogP contribution in [0.5, 0.6) is 0 Å². The minimum atomic E-state index is -0.277. The maximum absolute atomic E-state index is 12.2. The van der Waals surface area contributed by atoms with E-state index in [2.05, 4.69) is 5.32 Å². The summed E-state index contributed by atoms with van der Waals surface area (Å²) in [6.45, 7) is 2.75. The molecule has 0 aliphatic carbocycles. The first-order chi connectivity index (χ1) is 12.1. The molecule has 5 heteroatoms. The third-order valence-electron chi connectivity index (χ3n) is 4.27. The predicted molar refractivity (Wildman–Crippen MR) is 94.1 cm³/mol. The van der Waals surface area contributed by atoms with Gasteiger partial charge in [-0.05, 0) is 31.0 Å². The van der Waals surface area contributed by atoms with E-state index in [9.17, 15) is 14.4 Å². The molecule has 0 unspecified atom stereocenters. The Balaban J connectivity index is 1.45. The summed E-state index contributed by atoms with van der Waals surface area (Å²) in [6.07, 6.45) is 0.727. The molecule has 0 saturated carbocycles. The standard InChI is InChI=1S/C20H20N2O3/c1-14-8-10-15(11-9-14)13-21-18(23)7-4-12-22-19(24)16-5-2-3-6-17(16)20(22)25/h2-3,5-6,8-11H,4,7,12-13H2,1H3,(H,21,23). The summed E-state index contributed by atoms with van der Waals surface area (Å²) >= 11 is 0. The Morgan fingerprint density at radius 2 is 1.56 bits per heavy atom. The van der Waals surface area contributed by atoms with E-state index in [1.807, 2.05) is 31.2 Å². The predicted octanol–water partition coefficient (Wildman–Crippen LogP) is 2.69. The third kappa shape index (κ3) is 3.76. The summed E-state index contributed by atoms with van der Waals surface area (Å²) in [6, 6.07) is 14.8. The number of benzene rings is 2. The largest absolute Gasteiger partial charge is 0.352 e. The monoisotopic (exact) mass is 336 g/mol. The van der Waals surface area contributed by atoms with Gasteiger partial charge in [0.15, 0.2) is 0 Å². The molecule has 3 amide bonds. The summed E-state index contributed by atoms with van der Waals surface area (Å²) in [5, 5.41) is 2.86. The van der Waals surface area contributed by atoms with E-state index < -0.39 is 0 Å². The van der Waals surface area contributed by atoms with Crippen molar-refractivity contribution >= 4 is 17.7 Å². The Bertz CT molecular complexity index is 777. The SMILES string of the molecule is Cc1ccc(CNC(=O)CCCN2C(=O)c3ccccc3C2=O)cc1. The van der Waals surface area contributed by atoms with Crippen LogP contribution in [0, 0.1) is 6.92 Å². The molecule has 3 rings (SSSR count). The molecule has 0 bridgehead atoms. The molecule has 0 atom stereocenters. The van der Waals surface area contributed by atoms with Gasteiger partial charge in [-0.1, -0.05) is 42.0 Å². The van der Waals surface area contributed by atoms with E-state index in [-0.39, 0.29) is 30.7 Å². The topological polar surface area (TPSA) is 66.5 Å². The summed E-state index contributed by atoms with van der Waals surface area (Å²) in [5.74, 6) is -0.640. The average molecular weight is 336 g/mol. The van der Waals surface area contributed by atoms with Crippen molar-refractivity contribution in [2.45, 2.75) is 26.3 Å². The number of nitrogens with zero attached hydrogens (tertiary/aromatic N) is 1. The lowest BCUT2D eigenvalue weighted by Gasteiger charge is -2.13. The lowest BCUT2D eigenvalue weighted by atomic mass is 10.1. The van der Waals surface area contributed by atoms with Crippen LogP contribution < -0.4 is 5.32 Å². The van der Waals surface area contributed by atoms with Crippen molar-refractivity contribution in [2.24, 2.45) is 0 Å². The van der Waals surface area contributed by atoms with Gasteiger partial charge in [-0.25, -0.2) is 0 Å². The number of fused-ring (bicyclic) bond motifs is 1. The number of rotatable bonds is 6. The van der Waals surface area contributed by atoms with Gasteiger partial charge in [0.25, 0.3) is 11.8 Å². The van der Waals surface area contributed by atoms with Crippen LogP contribution in [0.1, 0.15) is 44.7 Å². The summed E-state index contributed by atoms with van der Waals surface area (Å²) < 4.78 is 0. The van der Waals surface area contributed by atoms with Gasteiger partial charge in [0.1, 0.15) is 0 Å². The van der Waals surface area contributed by atoms with Gasteiger partial charge < -0.3 is 5.32 Å². The number of hydrogen-bond donors (Lipinski definition) is 1. The molecular weight excluding hydrogens is 316 g/mol. The minimum Gasteiger partial charge on any atom is -0.352 e. The van der Waals surface area contributed by atoms with E-state index in [4.69, 9.17) is 0 Å². The zero-order chi connectivity index (χ0) is 17.8. The van der Waals surface area contributed by atoms with Gasteiger partial charge in [-0.3, -0.25) is 19.3 Å². The van der Waals surface area contributed by atoms with Crippen molar-refractivity contribution in [2.75, 3.05) is 6.54 Å². The summed E-state index contributed by atoms with van der Waals surface area (Å²) in [5.41, 5.74) is 3.10. The van der Waals surface area contributed by atoms with Crippen LogP contribution in [-0.2, 0) is 11.3 Å². The van der Waals surface area contributed by atoms with E-state index in [1.165, 1.54) is 10.5 Å². The minimum absolute atomic E-state index is 0.0859. The van der Waals surface area contributed by atoms with Gasteiger partial charge in [0.05, 0.1) is 11.1 Å². The lowest BCUT2D eigenvalue weighted by Crippen LogP contribution is -2.32. The van der Waals surface area contributed by atoms with Crippen molar-refractivity contribution < 1.29 is 14.4 Å². The second-order valence-corrected chi connectivity index (χ2v) is 6.17. The molecule has 0 fully saturated rings. The Morgan fingerprint density at radius 1 is 0.960 bits per heavy atom. The van der Waals surface area contributed by atoms with Crippen LogP contribution in [-0.4, -0.2) is 29.2 Å². The van der Waals surface area contributed by atoms with E-state index in [1.54, 1.807) is 24.3 Å². The molecule has 0 saturated heterocycles. The van der Waals surface area contributed by atoms with Crippen molar-refractivity contribution in [3.63, 3.8) is 0 Å². The fourth-order valence-electron chi connectivity index (χ4n) is 2.83. The number of imide groups is 1. The smallest absolute Gasteiger partial charge is 0.261 e. The molecule has 25 heavy (non-hydrogen) atoms. The van der Waals surface area contributed by atoms with Crippen molar-refractivity contribution in [1.29, 1.82) is 0 Å². The molecule has 2 aromatic rings. The summed E-state index contributed by atoms with van der Waals surface area (Å²) in [4.78, 5) is 37.6. The molecule has 128 valence electrons.